The third-order valence-corrected chi connectivity index (χ3v) is 2.59. The van der Waals surface area contributed by atoms with Crippen molar-refractivity contribution >= 4 is 5.91 Å². The van der Waals surface area contributed by atoms with E-state index in [0.29, 0.717) is 0 Å². The summed E-state index contributed by atoms with van der Waals surface area (Å²) in [5.74, 6) is 0.966. The first-order valence-corrected chi connectivity index (χ1v) is 5.60. The number of carbonyl (C=O) groups excluding carboxylic acids is 1. The molecule has 1 aromatic heterocycles. The summed E-state index contributed by atoms with van der Waals surface area (Å²) in [6, 6.07) is 0. The van der Waals surface area contributed by atoms with E-state index in [-0.39, 0.29) is 23.2 Å². The molecule has 0 saturated heterocycles. The Bertz CT molecular complexity index is 368. The number of hydrogen-bond acceptors (Lipinski definition) is 3. The van der Waals surface area contributed by atoms with Crippen molar-refractivity contribution in [2.75, 3.05) is 0 Å². The predicted molar refractivity (Wildman–Crippen MR) is 62.3 cm³/mol. The topological polar surface area (TPSA) is 70.7 Å². The molecule has 1 amide bonds. The Kier molecular flexibility index (Phi) is 3.67. The number of aromatic amines is 1. The van der Waals surface area contributed by atoms with E-state index >= 15 is 0 Å². The smallest absolute Gasteiger partial charge is 0.291 e. The largest absolute Gasteiger partial charge is 0.344 e. The van der Waals surface area contributed by atoms with Crippen molar-refractivity contribution < 1.29 is 4.79 Å². The maximum atomic E-state index is 11.8. The molecule has 2 N–H and O–H groups in total. The summed E-state index contributed by atoms with van der Waals surface area (Å²) in [6.07, 6.45) is 0.861. The molecule has 0 spiro atoms. The first kappa shape index (κ1) is 12.7. The highest BCUT2D eigenvalue weighted by atomic mass is 16.2. The van der Waals surface area contributed by atoms with Gasteiger partial charge in [0.1, 0.15) is 5.82 Å². The molecule has 1 heterocycles. The van der Waals surface area contributed by atoms with Gasteiger partial charge < -0.3 is 5.32 Å². The maximum Gasteiger partial charge on any atom is 0.291 e. The van der Waals surface area contributed by atoms with Crippen LogP contribution in [0.1, 0.15) is 63.4 Å². The van der Waals surface area contributed by atoms with Crippen molar-refractivity contribution in [3.05, 3.63) is 11.6 Å². The number of aromatic nitrogens is 3. The maximum absolute atomic E-state index is 11.8. The van der Waals surface area contributed by atoms with Gasteiger partial charge in [0.15, 0.2) is 0 Å². The first-order chi connectivity index (χ1) is 7.35. The highest BCUT2D eigenvalue weighted by Gasteiger charge is 2.21. The molecule has 5 nitrogen and oxygen atoms in total. The van der Waals surface area contributed by atoms with Gasteiger partial charge in [-0.3, -0.25) is 9.89 Å². The van der Waals surface area contributed by atoms with Gasteiger partial charge in [-0.25, -0.2) is 4.98 Å². The van der Waals surface area contributed by atoms with E-state index in [1.807, 2.05) is 34.6 Å². The van der Waals surface area contributed by atoms with Crippen molar-refractivity contribution in [3.63, 3.8) is 0 Å². The molecule has 0 fully saturated rings. The standard InChI is InChI=1S/C11H20N4O/c1-6-11(4,5)13-10(16)9-12-8(7(2)3)14-15-9/h7H,6H2,1-5H3,(H,13,16)(H,12,14,15). The van der Waals surface area contributed by atoms with Crippen molar-refractivity contribution in [3.8, 4) is 0 Å². The molecular weight excluding hydrogens is 204 g/mol. The van der Waals surface area contributed by atoms with E-state index in [0.717, 1.165) is 12.2 Å². The molecule has 0 aliphatic heterocycles. The average molecular weight is 224 g/mol. The number of nitrogens with one attached hydrogen (secondary N) is 2. The fraction of sp³-hybridized carbons (Fsp3) is 0.727. The fourth-order valence-corrected chi connectivity index (χ4v) is 1.09. The van der Waals surface area contributed by atoms with Gasteiger partial charge in [-0.05, 0) is 20.3 Å². The lowest BCUT2D eigenvalue weighted by Crippen LogP contribution is -2.43. The van der Waals surface area contributed by atoms with E-state index in [2.05, 4.69) is 20.5 Å². The number of nitrogens with zero attached hydrogens (tertiary/aromatic N) is 2. The molecule has 0 aliphatic carbocycles. The molecule has 90 valence electrons. The van der Waals surface area contributed by atoms with E-state index in [4.69, 9.17) is 0 Å². The van der Waals surface area contributed by atoms with E-state index in [1.165, 1.54) is 0 Å². The van der Waals surface area contributed by atoms with Crippen LogP contribution in [0.4, 0.5) is 0 Å². The Morgan fingerprint density at radius 2 is 2.12 bits per heavy atom. The minimum Gasteiger partial charge on any atom is -0.344 e. The molecule has 0 bridgehead atoms. The molecular formula is C11H20N4O. The summed E-state index contributed by atoms with van der Waals surface area (Å²) in [4.78, 5) is 15.9. The summed E-state index contributed by atoms with van der Waals surface area (Å²) in [6.45, 7) is 9.97. The molecule has 1 rings (SSSR count). The summed E-state index contributed by atoms with van der Waals surface area (Å²) in [5.41, 5.74) is -0.226. The Balaban J connectivity index is 2.74. The molecule has 16 heavy (non-hydrogen) atoms. The van der Waals surface area contributed by atoms with Gasteiger partial charge in [0.05, 0.1) is 0 Å². The highest BCUT2D eigenvalue weighted by molar-refractivity contribution is 5.90. The summed E-state index contributed by atoms with van der Waals surface area (Å²) < 4.78 is 0. The van der Waals surface area contributed by atoms with Crippen molar-refractivity contribution in [2.24, 2.45) is 0 Å². The number of H-pyrrole nitrogens is 1. The predicted octanol–water partition coefficient (Wildman–Crippen LogP) is 1.85. The highest BCUT2D eigenvalue weighted by Crippen LogP contribution is 2.10. The van der Waals surface area contributed by atoms with Crippen LogP contribution >= 0.6 is 0 Å². The Hall–Kier alpha value is -1.39. The SMILES string of the molecule is CCC(C)(C)NC(=O)c1n[nH]c(C(C)C)n1. The second kappa shape index (κ2) is 4.63. The van der Waals surface area contributed by atoms with E-state index < -0.39 is 0 Å². The molecule has 0 unspecified atom stereocenters. The molecule has 0 atom stereocenters. The van der Waals surface area contributed by atoms with Crippen LogP contribution in [0.25, 0.3) is 0 Å². The van der Waals surface area contributed by atoms with Crippen molar-refractivity contribution in [2.45, 2.75) is 52.5 Å². The second-order valence-corrected chi connectivity index (χ2v) is 4.89. The van der Waals surface area contributed by atoms with Gasteiger partial charge in [-0.2, -0.15) is 0 Å². The van der Waals surface area contributed by atoms with Gasteiger partial charge in [0.2, 0.25) is 5.82 Å². The molecule has 0 radical (unpaired) electrons. The Morgan fingerprint density at radius 3 is 2.56 bits per heavy atom. The van der Waals surface area contributed by atoms with Crippen molar-refractivity contribution in [1.29, 1.82) is 0 Å². The normalized spacial score (nSPS) is 11.9. The average Bonchev–Trinajstić information content (AvgIpc) is 2.66. The van der Waals surface area contributed by atoms with Gasteiger partial charge in [-0.1, -0.05) is 20.8 Å². The molecule has 0 aliphatic rings. The first-order valence-electron chi connectivity index (χ1n) is 5.60. The molecule has 0 aromatic carbocycles. The lowest BCUT2D eigenvalue weighted by atomic mass is 10.0. The minimum absolute atomic E-state index is 0.213. The van der Waals surface area contributed by atoms with Gasteiger partial charge >= 0.3 is 0 Å². The molecule has 0 saturated carbocycles. The van der Waals surface area contributed by atoms with Crippen LogP contribution in [-0.2, 0) is 0 Å². The Morgan fingerprint density at radius 1 is 1.50 bits per heavy atom. The van der Waals surface area contributed by atoms with Gasteiger partial charge in [-0.15, -0.1) is 5.10 Å². The Labute approximate surface area is 96.0 Å². The number of carbonyl (C=O) groups is 1. The van der Waals surface area contributed by atoms with Crippen LogP contribution in [0.2, 0.25) is 0 Å². The van der Waals surface area contributed by atoms with E-state index in [1.54, 1.807) is 0 Å². The lowest BCUT2D eigenvalue weighted by Gasteiger charge is -2.23. The summed E-state index contributed by atoms with van der Waals surface area (Å²) in [5, 5.41) is 9.57. The monoisotopic (exact) mass is 224 g/mol. The zero-order valence-electron chi connectivity index (χ0n) is 10.6. The zero-order chi connectivity index (χ0) is 12.3. The van der Waals surface area contributed by atoms with Crippen LogP contribution < -0.4 is 5.32 Å². The van der Waals surface area contributed by atoms with Crippen molar-refractivity contribution in [1.82, 2.24) is 20.5 Å². The van der Waals surface area contributed by atoms with Gasteiger partial charge in [0, 0.05) is 11.5 Å². The third-order valence-electron chi connectivity index (χ3n) is 2.59. The third kappa shape index (κ3) is 3.05. The second-order valence-electron chi connectivity index (χ2n) is 4.89. The van der Waals surface area contributed by atoms with Crippen LogP contribution in [0.15, 0.2) is 0 Å². The number of rotatable bonds is 4. The van der Waals surface area contributed by atoms with Crippen LogP contribution in [0, 0.1) is 0 Å². The van der Waals surface area contributed by atoms with E-state index in [9.17, 15) is 4.79 Å². The zero-order valence-corrected chi connectivity index (χ0v) is 10.6. The summed E-state index contributed by atoms with van der Waals surface area (Å²) in [7, 11) is 0. The molecule has 5 heteroatoms. The number of hydrogen-bond donors (Lipinski definition) is 2. The lowest BCUT2D eigenvalue weighted by molar-refractivity contribution is 0.0901. The van der Waals surface area contributed by atoms with Crippen LogP contribution in [0.3, 0.4) is 0 Å². The molecule has 1 aromatic rings. The summed E-state index contributed by atoms with van der Waals surface area (Å²) >= 11 is 0. The van der Waals surface area contributed by atoms with Gasteiger partial charge in [0.25, 0.3) is 5.91 Å². The van der Waals surface area contributed by atoms with Crippen LogP contribution in [-0.4, -0.2) is 26.6 Å². The quantitative estimate of drug-likeness (QED) is 0.819. The van der Waals surface area contributed by atoms with Crippen LogP contribution in [0.5, 0.6) is 0 Å². The number of amides is 1. The fourth-order valence-electron chi connectivity index (χ4n) is 1.09. The minimum atomic E-state index is -0.227.